The molecule has 1 unspecified atom stereocenters. The van der Waals surface area contributed by atoms with Crippen molar-refractivity contribution in [1.82, 2.24) is 9.55 Å². The van der Waals surface area contributed by atoms with Gasteiger partial charge in [0.25, 0.3) is 5.56 Å². The molecule has 7 nitrogen and oxygen atoms in total. The molecule has 0 amide bonds. The molecule has 0 radical (unpaired) electrons. The van der Waals surface area contributed by atoms with Crippen molar-refractivity contribution in [3.8, 4) is 22.9 Å². The number of nitriles is 1. The van der Waals surface area contributed by atoms with E-state index in [0.29, 0.717) is 33.0 Å². The van der Waals surface area contributed by atoms with Gasteiger partial charge in [-0.25, -0.2) is 4.39 Å². The Balaban J connectivity index is 1.78. The number of methoxy groups -OCH3 is 1. The highest BCUT2D eigenvalue weighted by Crippen LogP contribution is 2.33. The molecule has 2 aromatic heterocycles. The summed E-state index contributed by atoms with van der Waals surface area (Å²) >= 11 is 6.17. The van der Waals surface area contributed by atoms with Crippen LogP contribution in [-0.4, -0.2) is 28.2 Å². The molecular formula is C31H25ClFN3O4. The molecule has 0 aliphatic carbocycles. The Bertz CT molecular complexity index is 1680. The molecule has 0 aliphatic rings. The summed E-state index contributed by atoms with van der Waals surface area (Å²) in [6.45, 7) is 1.65. The largest absolute Gasteiger partial charge is 0.495 e. The van der Waals surface area contributed by atoms with E-state index in [4.69, 9.17) is 16.3 Å². The van der Waals surface area contributed by atoms with Crippen LogP contribution in [0.25, 0.3) is 11.1 Å². The van der Waals surface area contributed by atoms with Gasteiger partial charge in [-0.1, -0.05) is 30.7 Å². The number of hydrogen-bond donors (Lipinski definition) is 0. The van der Waals surface area contributed by atoms with Gasteiger partial charge in [0.2, 0.25) is 0 Å². The van der Waals surface area contributed by atoms with Crippen molar-refractivity contribution in [2.24, 2.45) is 0 Å². The van der Waals surface area contributed by atoms with Gasteiger partial charge in [-0.15, -0.1) is 0 Å². The van der Waals surface area contributed by atoms with Crippen LogP contribution >= 0.6 is 11.6 Å². The number of rotatable bonds is 10. The third kappa shape index (κ3) is 6.16. The molecule has 0 aliphatic heterocycles. The maximum Gasteiger partial charge on any atom is 0.252 e. The van der Waals surface area contributed by atoms with Crippen molar-refractivity contribution in [2.45, 2.75) is 32.2 Å². The first-order valence-corrected chi connectivity index (χ1v) is 12.9. The van der Waals surface area contributed by atoms with Crippen LogP contribution in [0.3, 0.4) is 0 Å². The number of ether oxygens (including phenoxy) is 1. The maximum atomic E-state index is 14.6. The molecule has 9 heteroatoms. The third-order valence-corrected chi connectivity index (χ3v) is 6.76. The van der Waals surface area contributed by atoms with Crippen molar-refractivity contribution >= 4 is 23.2 Å². The highest BCUT2D eigenvalue weighted by atomic mass is 35.5. The molecule has 4 rings (SSSR count). The summed E-state index contributed by atoms with van der Waals surface area (Å²) in [5.41, 5.74) is 1.48. The van der Waals surface area contributed by atoms with Crippen LogP contribution in [-0.2, 0) is 17.6 Å². The average molecular weight is 558 g/mol. The lowest BCUT2D eigenvalue weighted by atomic mass is 9.96. The first kappa shape index (κ1) is 28.4. The van der Waals surface area contributed by atoms with E-state index in [9.17, 15) is 24.0 Å². The summed E-state index contributed by atoms with van der Waals surface area (Å²) in [7, 11) is 1.42. The van der Waals surface area contributed by atoms with E-state index in [-0.39, 0.29) is 42.1 Å². The molecule has 40 heavy (non-hydrogen) atoms. The molecule has 1 atom stereocenters. The van der Waals surface area contributed by atoms with Crippen LogP contribution in [0.15, 0.2) is 77.9 Å². The molecule has 0 bridgehead atoms. The zero-order valence-electron chi connectivity index (χ0n) is 21.9. The predicted octanol–water partition coefficient (Wildman–Crippen LogP) is 5.77. The molecule has 0 spiro atoms. The van der Waals surface area contributed by atoms with Gasteiger partial charge >= 0.3 is 0 Å². The van der Waals surface area contributed by atoms with E-state index in [1.165, 1.54) is 42.1 Å². The lowest BCUT2D eigenvalue weighted by Crippen LogP contribution is -2.32. The molecule has 202 valence electrons. The van der Waals surface area contributed by atoms with Gasteiger partial charge in [-0.2, -0.15) is 5.26 Å². The Morgan fingerprint density at radius 1 is 1.12 bits per heavy atom. The lowest BCUT2D eigenvalue weighted by molar-refractivity contribution is -0.121. The molecular weight excluding hydrogens is 533 g/mol. The van der Waals surface area contributed by atoms with Crippen LogP contribution in [0.2, 0.25) is 5.02 Å². The molecule has 0 fully saturated rings. The molecule has 2 heterocycles. The molecule has 0 saturated carbocycles. The van der Waals surface area contributed by atoms with Crippen LogP contribution in [0.4, 0.5) is 4.39 Å². The zero-order valence-corrected chi connectivity index (χ0v) is 22.6. The number of nitrogens with zero attached hydrogens (tertiary/aromatic N) is 3. The molecule has 2 aromatic carbocycles. The fourth-order valence-electron chi connectivity index (χ4n) is 4.47. The van der Waals surface area contributed by atoms with Gasteiger partial charge in [0.05, 0.1) is 30.5 Å². The average Bonchev–Trinajstić information content (AvgIpc) is 2.96. The van der Waals surface area contributed by atoms with Crippen LogP contribution in [0, 0.1) is 17.1 Å². The summed E-state index contributed by atoms with van der Waals surface area (Å²) in [6, 6.07) is 16.4. The Morgan fingerprint density at radius 3 is 2.58 bits per heavy atom. The molecule has 4 aromatic rings. The van der Waals surface area contributed by atoms with Crippen molar-refractivity contribution in [3.05, 3.63) is 117 Å². The summed E-state index contributed by atoms with van der Waals surface area (Å²) in [4.78, 5) is 43.4. The minimum atomic E-state index is -1.000. The van der Waals surface area contributed by atoms with Gasteiger partial charge in [-0.05, 0) is 48.0 Å². The number of hydrogen-bond acceptors (Lipinski definition) is 6. The zero-order chi connectivity index (χ0) is 28.8. The first-order chi connectivity index (χ1) is 19.2. The van der Waals surface area contributed by atoms with E-state index in [1.807, 2.05) is 0 Å². The second-order valence-corrected chi connectivity index (χ2v) is 9.51. The lowest BCUT2D eigenvalue weighted by Gasteiger charge is -2.21. The number of pyridine rings is 2. The van der Waals surface area contributed by atoms with Gasteiger partial charge in [0.15, 0.2) is 11.6 Å². The number of Topliss-reactive ketones (excluding diaryl/α,β-unsaturated/α-hetero) is 2. The number of carbonyl (C=O) groups is 2. The van der Waals surface area contributed by atoms with E-state index >= 15 is 0 Å². The Morgan fingerprint density at radius 2 is 1.93 bits per heavy atom. The normalized spacial score (nSPS) is 11.5. The van der Waals surface area contributed by atoms with Gasteiger partial charge < -0.3 is 9.30 Å². The quantitative estimate of drug-likeness (QED) is 0.229. The second-order valence-electron chi connectivity index (χ2n) is 9.08. The van der Waals surface area contributed by atoms with E-state index in [2.05, 4.69) is 11.1 Å². The Labute approximate surface area is 235 Å². The van der Waals surface area contributed by atoms with Gasteiger partial charge in [0, 0.05) is 53.4 Å². The third-order valence-electron chi connectivity index (χ3n) is 6.53. The van der Waals surface area contributed by atoms with Crippen LogP contribution in [0.5, 0.6) is 5.75 Å². The van der Waals surface area contributed by atoms with E-state index in [0.717, 1.165) is 0 Å². The molecule has 0 saturated heterocycles. The van der Waals surface area contributed by atoms with E-state index < -0.39 is 17.4 Å². The maximum absolute atomic E-state index is 14.6. The van der Waals surface area contributed by atoms with E-state index in [1.54, 1.807) is 49.5 Å². The van der Waals surface area contributed by atoms with Crippen LogP contribution < -0.4 is 10.3 Å². The fraction of sp³-hybridized carbons (Fsp3) is 0.194. The minimum Gasteiger partial charge on any atom is -0.495 e. The van der Waals surface area contributed by atoms with Crippen molar-refractivity contribution in [1.29, 1.82) is 5.26 Å². The van der Waals surface area contributed by atoms with Gasteiger partial charge in [0.1, 0.15) is 17.6 Å². The number of halogens is 2. The number of benzene rings is 2. The highest BCUT2D eigenvalue weighted by Gasteiger charge is 2.25. The summed E-state index contributed by atoms with van der Waals surface area (Å²) in [5.74, 6) is -1.14. The van der Waals surface area contributed by atoms with Crippen molar-refractivity contribution < 1.29 is 18.7 Å². The van der Waals surface area contributed by atoms with Crippen LogP contribution in [0.1, 0.15) is 46.6 Å². The monoisotopic (exact) mass is 557 g/mol. The van der Waals surface area contributed by atoms with Crippen molar-refractivity contribution in [2.75, 3.05) is 7.11 Å². The fourth-order valence-corrected chi connectivity index (χ4v) is 4.64. The molecule has 0 N–H and O–H groups in total. The number of carbonyl (C=O) groups excluding carboxylic acids is 2. The smallest absolute Gasteiger partial charge is 0.252 e. The standard InChI is InChI=1S/C31H25ClFN3O4/c1-3-28(37)23-10-7-19(12-26(23)33)13-29(38)27(15-22-6-4-5-11-35-22)36-18-30(40-2)25(16-31(36)39)24-14-21(32)9-8-20(24)17-34/h4-12,14,16,18,27H,3,13,15H2,1-2H3. The summed E-state index contributed by atoms with van der Waals surface area (Å²) in [6.07, 6.45) is 3.09. The summed E-state index contributed by atoms with van der Waals surface area (Å²) < 4.78 is 21.5. The number of aromatic nitrogens is 2. The predicted molar refractivity (Wildman–Crippen MR) is 149 cm³/mol. The first-order valence-electron chi connectivity index (χ1n) is 12.5. The number of ketones is 2. The van der Waals surface area contributed by atoms with Crippen molar-refractivity contribution in [3.63, 3.8) is 0 Å². The highest BCUT2D eigenvalue weighted by molar-refractivity contribution is 6.31. The SMILES string of the molecule is CCC(=O)c1ccc(CC(=O)C(Cc2ccccn2)n2cc(OC)c(-c3cc(Cl)ccc3C#N)cc2=O)cc1F. The topological polar surface area (TPSA) is 102 Å². The summed E-state index contributed by atoms with van der Waals surface area (Å²) in [5, 5.41) is 9.97. The Hall–Kier alpha value is -4.61. The second kappa shape index (κ2) is 12.5. The Kier molecular flexibility index (Phi) is 8.87. The minimum absolute atomic E-state index is 0.0296. The van der Waals surface area contributed by atoms with Gasteiger partial charge in [-0.3, -0.25) is 19.4 Å².